The number of ether oxygens (including phenoxy) is 1. The van der Waals surface area contributed by atoms with Gasteiger partial charge in [0.1, 0.15) is 6.07 Å². The van der Waals surface area contributed by atoms with Crippen LogP contribution in [0.15, 0.2) is 11.8 Å². The fourth-order valence-corrected chi connectivity index (χ4v) is 0.330. The van der Waals surface area contributed by atoms with E-state index in [0.29, 0.717) is 0 Å². The van der Waals surface area contributed by atoms with Gasteiger partial charge in [0, 0.05) is 6.20 Å². The molecule has 10 heavy (non-hydrogen) atoms. The summed E-state index contributed by atoms with van der Waals surface area (Å²) >= 11 is 0. The second-order valence-corrected chi connectivity index (χ2v) is 1.33. The molecule has 0 saturated carbocycles. The molecule has 5 nitrogen and oxygen atoms in total. The maximum Gasteiger partial charge on any atom is 0.350 e. The Kier molecular flexibility index (Phi) is 3.68. The number of carbonyl (C=O) groups is 1. The first kappa shape index (κ1) is 8.46. The minimum absolute atomic E-state index is 0.162. The number of hydrogen-bond donors (Lipinski definition) is 2. The zero-order valence-corrected chi connectivity index (χ0v) is 5.42. The van der Waals surface area contributed by atoms with Gasteiger partial charge in [0.05, 0.1) is 7.11 Å². The van der Waals surface area contributed by atoms with Crippen molar-refractivity contribution in [1.82, 2.24) is 5.43 Å². The lowest BCUT2D eigenvalue weighted by atomic mass is 10.3. The van der Waals surface area contributed by atoms with E-state index in [1.54, 1.807) is 6.07 Å². The normalized spacial score (nSPS) is 9.90. The molecule has 0 aliphatic heterocycles. The van der Waals surface area contributed by atoms with Gasteiger partial charge < -0.3 is 10.2 Å². The van der Waals surface area contributed by atoms with E-state index in [4.69, 9.17) is 11.1 Å². The highest BCUT2D eigenvalue weighted by atomic mass is 16.5. The summed E-state index contributed by atoms with van der Waals surface area (Å²) in [6, 6.07) is 1.60. The number of carbonyl (C=O) groups excluding carboxylic acids is 1. The predicted molar refractivity (Wildman–Crippen MR) is 33.0 cm³/mol. The van der Waals surface area contributed by atoms with Crippen molar-refractivity contribution in [3.8, 4) is 6.07 Å². The molecule has 0 rings (SSSR count). The first-order valence-electron chi connectivity index (χ1n) is 2.41. The van der Waals surface area contributed by atoms with Crippen molar-refractivity contribution in [2.45, 2.75) is 0 Å². The molecule has 0 aromatic rings. The molecule has 0 aliphatic rings. The molecular weight excluding hydrogens is 134 g/mol. The minimum Gasteiger partial charge on any atom is -0.465 e. The number of hydrogen-bond acceptors (Lipinski definition) is 5. The lowest BCUT2D eigenvalue weighted by Gasteiger charge is -1.93. The zero-order valence-electron chi connectivity index (χ0n) is 5.42. The van der Waals surface area contributed by atoms with Crippen molar-refractivity contribution < 1.29 is 9.53 Å². The Labute approximate surface area is 58.0 Å². The van der Waals surface area contributed by atoms with Crippen molar-refractivity contribution in [3.05, 3.63) is 11.8 Å². The summed E-state index contributed by atoms with van der Waals surface area (Å²) in [4.78, 5) is 10.5. The quantitative estimate of drug-likeness (QED) is 0.170. The average Bonchev–Trinajstić information content (AvgIpc) is 1.99. The number of nitriles is 1. The standard InChI is InChI=1S/C5H7N3O2/c1-10-5(9)4(2-6)3-8-7/h3,8H,7H2,1H3. The van der Waals surface area contributed by atoms with Gasteiger partial charge >= 0.3 is 5.97 Å². The summed E-state index contributed by atoms with van der Waals surface area (Å²) in [5, 5.41) is 8.24. The van der Waals surface area contributed by atoms with Crippen LogP contribution in [0.4, 0.5) is 0 Å². The molecule has 0 heterocycles. The van der Waals surface area contributed by atoms with Crippen molar-refractivity contribution in [3.63, 3.8) is 0 Å². The topological polar surface area (TPSA) is 88.1 Å². The number of rotatable bonds is 2. The van der Waals surface area contributed by atoms with Crippen molar-refractivity contribution in [2.75, 3.05) is 7.11 Å². The molecule has 0 radical (unpaired) electrons. The van der Waals surface area contributed by atoms with Crippen LogP contribution < -0.4 is 11.3 Å². The van der Waals surface area contributed by atoms with E-state index < -0.39 is 5.97 Å². The molecule has 5 heteroatoms. The van der Waals surface area contributed by atoms with Gasteiger partial charge in [-0.05, 0) is 0 Å². The second-order valence-electron chi connectivity index (χ2n) is 1.33. The maximum absolute atomic E-state index is 10.5. The van der Waals surface area contributed by atoms with Crippen LogP contribution >= 0.6 is 0 Å². The van der Waals surface area contributed by atoms with Crippen LogP contribution in [0, 0.1) is 11.3 Å². The first-order chi connectivity index (χ1) is 4.76. The molecule has 0 aliphatic carbocycles. The summed E-state index contributed by atoms with van der Waals surface area (Å²) in [6.07, 6.45) is 1.06. The summed E-state index contributed by atoms with van der Waals surface area (Å²) in [5.41, 5.74) is 1.89. The van der Waals surface area contributed by atoms with Gasteiger partial charge in [0.15, 0.2) is 5.57 Å². The second kappa shape index (κ2) is 4.35. The third-order valence-corrected chi connectivity index (χ3v) is 0.753. The number of nitrogens with zero attached hydrogens (tertiary/aromatic N) is 1. The van der Waals surface area contributed by atoms with E-state index >= 15 is 0 Å². The van der Waals surface area contributed by atoms with Gasteiger partial charge in [-0.3, -0.25) is 5.84 Å². The maximum atomic E-state index is 10.5. The number of hydrazine groups is 1. The number of nitrogens with two attached hydrogens (primary N) is 1. The van der Waals surface area contributed by atoms with Gasteiger partial charge in [0.2, 0.25) is 0 Å². The SMILES string of the molecule is COC(=O)C(C#N)=CNN. The molecular formula is C5H7N3O2. The van der Waals surface area contributed by atoms with Crippen molar-refractivity contribution in [1.29, 1.82) is 5.26 Å². The molecule has 0 unspecified atom stereocenters. The van der Waals surface area contributed by atoms with Crippen LogP contribution in [0.25, 0.3) is 0 Å². The highest BCUT2D eigenvalue weighted by molar-refractivity contribution is 5.92. The lowest BCUT2D eigenvalue weighted by molar-refractivity contribution is -0.135. The van der Waals surface area contributed by atoms with Crippen LogP contribution in [0.3, 0.4) is 0 Å². The monoisotopic (exact) mass is 141 g/mol. The molecule has 0 amide bonds. The smallest absolute Gasteiger partial charge is 0.350 e. The largest absolute Gasteiger partial charge is 0.465 e. The fourth-order valence-electron chi connectivity index (χ4n) is 0.330. The Hall–Kier alpha value is -1.54. The van der Waals surface area contributed by atoms with E-state index in [1.807, 2.05) is 5.43 Å². The van der Waals surface area contributed by atoms with E-state index in [1.165, 1.54) is 7.11 Å². The van der Waals surface area contributed by atoms with Crippen molar-refractivity contribution in [2.24, 2.45) is 5.84 Å². The Morgan fingerprint density at radius 1 is 1.90 bits per heavy atom. The Balaban J connectivity index is 4.25. The minimum atomic E-state index is -0.708. The lowest BCUT2D eigenvalue weighted by Crippen LogP contribution is -2.16. The third-order valence-electron chi connectivity index (χ3n) is 0.753. The molecule has 0 fully saturated rings. The molecule has 0 aromatic heterocycles. The molecule has 3 N–H and O–H groups in total. The van der Waals surface area contributed by atoms with Gasteiger partial charge in [-0.15, -0.1) is 0 Å². The molecule has 0 spiro atoms. The summed E-state index contributed by atoms with van der Waals surface area (Å²) in [7, 11) is 1.18. The molecule has 0 atom stereocenters. The van der Waals surface area contributed by atoms with Crippen LogP contribution in [0.5, 0.6) is 0 Å². The van der Waals surface area contributed by atoms with Crippen molar-refractivity contribution >= 4 is 5.97 Å². The van der Waals surface area contributed by atoms with Crippen LogP contribution in [-0.4, -0.2) is 13.1 Å². The van der Waals surface area contributed by atoms with Crippen LogP contribution in [-0.2, 0) is 9.53 Å². The van der Waals surface area contributed by atoms with E-state index in [9.17, 15) is 4.79 Å². The predicted octanol–water partition coefficient (Wildman–Crippen LogP) is -0.970. The van der Waals surface area contributed by atoms with E-state index in [2.05, 4.69) is 4.74 Å². The fraction of sp³-hybridized carbons (Fsp3) is 0.200. The summed E-state index contributed by atoms with van der Waals surface area (Å²) in [5.74, 6) is 4.10. The Morgan fingerprint density at radius 3 is 2.80 bits per heavy atom. The highest BCUT2D eigenvalue weighted by Crippen LogP contribution is 1.91. The summed E-state index contributed by atoms with van der Waals surface area (Å²) < 4.78 is 4.23. The number of nitrogens with one attached hydrogen (secondary N) is 1. The molecule has 0 aromatic carbocycles. The summed E-state index contributed by atoms with van der Waals surface area (Å²) in [6.45, 7) is 0. The van der Waals surface area contributed by atoms with Crippen LogP contribution in [0.2, 0.25) is 0 Å². The van der Waals surface area contributed by atoms with E-state index in [0.717, 1.165) is 6.20 Å². The number of methoxy groups -OCH3 is 1. The first-order valence-corrected chi connectivity index (χ1v) is 2.41. The van der Waals surface area contributed by atoms with Crippen LogP contribution in [0.1, 0.15) is 0 Å². The third kappa shape index (κ3) is 2.15. The number of esters is 1. The molecule has 0 bridgehead atoms. The van der Waals surface area contributed by atoms with Gasteiger partial charge in [-0.25, -0.2) is 4.79 Å². The van der Waals surface area contributed by atoms with Gasteiger partial charge in [-0.2, -0.15) is 5.26 Å². The Morgan fingerprint density at radius 2 is 2.50 bits per heavy atom. The molecule has 54 valence electrons. The van der Waals surface area contributed by atoms with Gasteiger partial charge in [0.25, 0.3) is 0 Å². The zero-order chi connectivity index (χ0) is 7.98. The molecule has 0 saturated heterocycles. The van der Waals surface area contributed by atoms with Gasteiger partial charge in [-0.1, -0.05) is 0 Å². The average molecular weight is 141 g/mol. The van der Waals surface area contributed by atoms with E-state index in [-0.39, 0.29) is 5.57 Å². The Bertz CT molecular complexity index is 192. The highest BCUT2D eigenvalue weighted by Gasteiger charge is 2.06.